The molecule has 1 saturated heterocycles. The summed E-state index contributed by atoms with van der Waals surface area (Å²) in [5.41, 5.74) is 6.24. The Bertz CT molecular complexity index is 450. The van der Waals surface area contributed by atoms with Gasteiger partial charge in [0.25, 0.3) is 0 Å². The minimum atomic E-state index is -0.476. The van der Waals surface area contributed by atoms with Gasteiger partial charge in [-0.1, -0.05) is 0 Å². The molecule has 0 bridgehead atoms. The van der Waals surface area contributed by atoms with Crippen LogP contribution in [0.25, 0.3) is 0 Å². The van der Waals surface area contributed by atoms with E-state index in [1.54, 1.807) is 24.3 Å². The molecule has 0 radical (unpaired) electrons. The summed E-state index contributed by atoms with van der Waals surface area (Å²) in [5, 5.41) is 2.79. The standard InChI is InChI=1S/C14H18N2O3/c15-14(18)10-3-5-11(6-4-10)16-13(17)8-7-12-2-1-9-19-12/h3-6,12H,1-2,7-9H2,(H2,15,18)(H,16,17). The van der Waals surface area contributed by atoms with Gasteiger partial charge in [-0.15, -0.1) is 0 Å². The van der Waals surface area contributed by atoms with Gasteiger partial charge in [0.15, 0.2) is 0 Å². The van der Waals surface area contributed by atoms with Gasteiger partial charge >= 0.3 is 0 Å². The summed E-state index contributed by atoms with van der Waals surface area (Å²) in [6, 6.07) is 6.53. The molecule has 1 unspecified atom stereocenters. The molecule has 0 aromatic heterocycles. The average Bonchev–Trinajstić information content (AvgIpc) is 2.90. The number of anilines is 1. The van der Waals surface area contributed by atoms with Gasteiger partial charge < -0.3 is 15.8 Å². The molecule has 1 aromatic rings. The van der Waals surface area contributed by atoms with Crippen molar-refractivity contribution in [2.24, 2.45) is 5.73 Å². The van der Waals surface area contributed by atoms with Crippen LogP contribution in [-0.4, -0.2) is 24.5 Å². The lowest BCUT2D eigenvalue weighted by atomic mass is 10.1. The molecule has 2 rings (SSSR count). The second kappa shape index (κ2) is 6.33. The van der Waals surface area contributed by atoms with Crippen LogP contribution in [0.4, 0.5) is 5.69 Å². The lowest BCUT2D eigenvalue weighted by molar-refractivity contribution is -0.116. The molecule has 1 aliphatic rings. The number of primary amides is 1. The third kappa shape index (κ3) is 4.06. The number of carbonyl (C=O) groups is 2. The van der Waals surface area contributed by atoms with Gasteiger partial charge in [0.05, 0.1) is 6.10 Å². The molecule has 5 nitrogen and oxygen atoms in total. The third-order valence-corrected chi connectivity index (χ3v) is 3.17. The maximum absolute atomic E-state index is 11.7. The van der Waals surface area contributed by atoms with Gasteiger partial charge in [-0.05, 0) is 43.5 Å². The van der Waals surface area contributed by atoms with Crippen LogP contribution in [0.1, 0.15) is 36.0 Å². The maximum atomic E-state index is 11.7. The Hall–Kier alpha value is -1.88. The number of carbonyl (C=O) groups excluding carboxylic acids is 2. The predicted octanol–water partition coefficient (Wildman–Crippen LogP) is 1.68. The number of hydrogen-bond donors (Lipinski definition) is 2. The molecule has 1 aliphatic heterocycles. The van der Waals surface area contributed by atoms with Crippen molar-refractivity contribution in [3.63, 3.8) is 0 Å². The zero-order chi connectivity index (χ0) is 13.7. The fraction of sp³-hybridized carbons (Fsp3) is 0.429. The van der Waals surface area contributed by atoms with E-state index in [4.69, 9.17) is 10.5 Å². The van der Waals surface area contributed by atoms with Gasteiger partial charge in [0, 0.05) is 24.3 Å². The first kappa shape index (κ1) is 13.5. The highest BCUT2D eigenvalue weighted by atomic mass is 16.5. The fourth-order valence-corrected chi connectivity index (χ4v) is 2.11. The van der Waals surface area contributed by atoms with E-state index in [9.17, 15) is 9.59 Å². The first-order valence-corrected chi connectivity index (χ1v) is 6.46. The minimum absolute atomic E-state index is 0.0395. The summed E-state index contributed by atoms with van der Waals surface area (Å²) < 4.78 is 5.46. The number of amides is 2. The Morgan fingerprint density at radius 3 is 2.63 bits per heavy atom. The van der Waals surface area contributed by atoms with E-state index in [0.717, 1.165) is 25.9 Å². The van der Waals surface area contributed by atoms with Gasteiger partial charge in [0.2, 0.25) is 11.8 Å². The SMILES string of the molecule is NC(=O)c1ccc(NC(=O)CCC2CCCO2)cc1. The topological polar surface area (TPSA) is 81.4 Å². The number of nitrogens with one attached hydrogen (secondary N) is 1. The van der Waals surface area contributed by atoms with E-state index in [-0.39, 0.29) is 12.0 Å². The zero-order valence-corrected chi connectivity index (χ0v) is 10.7. The summed E-state index contributed by atoms with van der Waals surface area (Å²) in [6.45, 7) is 0.806. The fourth-order valence-electron chi connectivity index (χ4n) is 2.11. The lowest BCUT2D eigenvalue weighted by Gasteiger charge is -2.09. The molecule has 5 heteroatoms. The van der Waals surface area contributed by atoms with Crippen molar-refractivity contribution in [3.8, 4) is 0 Å². The number of nitrogens with two attached hydrogens (primary N) is 1. The summed E-state index contributed by atoms with van der Waals surface area (Å²) in [5.74, 6) is -0.515. The second-order valence-electron chi connectivity index (χ2n) is 4.66. The molecule has 1 heterocycles. The molecule has 1 fully saturated rings. The lowest BCUT2D eigenvalue weighted by Crippen LogP contribution is -2.15. The van der Waals surface area contributed by atoms with Crippen molar-refractivity contribution in [3.05, 3.63) is 29.8 Å². The van der Waals surface area contributed by atoms with Crippen molar-refractivity contribution in [1.82, 2.24) is 0 Å². The van der Waals surface area contributed by atoms with E-state index in [0.29, 0.717) is 17.7 Å². The van der Waals surface area contributed by atoms with Crippen LogP contribution >= 0.6 is 0 Å². The van der Waals surface area contributed by atoms with E-state index >= 15 is 0 Å². The molecule has 19 heavy (non-hydrogen) atoms. The van der Waals surface area contributed by atoms with Gasteiger partial charge in [-0.2, -0.15) is 0 Å². The van der Waals surface area contributed by atoms with Crippen LogP contribution in [0, 0.1) is 0 Å². The number of rotatable bonds is 5. The summed E-state index contributed by atoms with van der Waals surface area (Å²) in [7, 11) is 0. The first-order valence-electron chi connectivity index (χ1n) is 6.46. The van der Waals surface area contributed by atoms with Crippen LogP contribution < -0.4 is 11.1 Å². The van der Waals surface area contributed by atoms with Crippen molar-refractivity contribution < 1.29 is 14.3 Å². The molecule has 0 saturated carbocycles. The molecule has 2 amide bonds. The molecule has 0 spiro atoms. The summed E-state index contributed by atoms with van der Waals surface area (Å²) in [4.78, 5) is 22.6. The molecule has 102 valence electrons. The normalized spacial score (nSPS) is 18.2. The molecule has 3 N–H and O–H groups in total. The predicted molar refractivity (Wildman–Crippen MR) is 71.8 cm³/mol. The molecular formula is C14H18N2O3. The van der Waals surface area contributed by atoms with Crippen LogP contribution in [0.3, 0.4) is 0 Å². The Morgan fingerprint density at radius 2 is 2.05 bits per heavy atom. The molecule has 1 aromatic carbocycles. The highest BCUT2D eigenvalue weighted by molar-refractivity contribution is 5.94. The van der Waals surface area contributed by atoms with E-state index in [1.807, 2.05) is 0 Å². The second-order valence-corrected chi connectivity index (χ2v) is 4.66. The molecule has 0 aliphatic carbocycles. The van der Waals surface area contributed by atoms with Gasteiger partial charge in [-0.3, -0.25) is 9.59 Å². The maximum Gasteiger partial charge on any atom is 0.248 e. The Labute approximate surface area is 112 Å². The van der Waals surface area contributed by atoms with Crippen LogP contribution in [-0.2, 0) is 9.53 Å². The third-order valence-electron chi connectivity index (χ3n) is 3.17. The summed E-state index contributed by atoms with van der Waals surface area (Å²) >= 11 is 0. The zero-order valence-electron chi connectivity index (χ0n) is 10.7. The van der Waals surface area contributed by atoms with E-state index < -0.39 is 5.91 Å². The van der Waals surface area contributed by atoms with Gasteiger partial charge in [-0.25, -0.2) is 0 Å². The smallest absolute Gasteiger partial charge is 0.248 e. The molecule has 1 atom stereocenters. The summed E-state index contributed by atoms with van der Waals surface area (Å²) in [6.07, 6.45) is 3.55. The largest absolute Gasteiger partial charge is 0.378 e. The van der Waals surface area contributed by atoms with Crippen molar-refractivity contribution in [2.45, 2.75) is 31.8 Å². The molecular weight excluding hydrogens is 244 g/mol. The van der Waals surface area contributed by atoms with Crippen molar-refractivity contribution >= 4 is 17.5 Å². The number of benzene rings is 1. The van der Waals surface area contributed by atoms with Crippen molar-refractivity contribution in [2.75, 3.05) is 11.9 Å². The Balaban J connectivity index is 1.79. The quantitative estimate of drug-likeness (QED) is 0.847. The van der Waals surface area contributed by atoms with Gasteiger partial charge in [0.1, 0.15) is 0 Å². The monoisotopic (exact) mass is 262 g/mol. The Kier molecular flexibility index (Phi) is 4.52. The average molecular weight is 262 g/mol. The van der Waals surface area contributed by atoms with E-state index in [2.05, 4.69) is 5.32 Å². The number of hydrogen-bond acceptors (Lipinski definition) is 3. The van der Waals surface area contributed by atoms with Crippen molar-refractivity contribution in [1.29, 1.82) is 0 Å². The Morgan fingerprint density at radius 1 is 1.32 bits per heavy atom. The van der Waals surface area contributed by atoms with E-state index in [1.165, 1.54) is 0 Å². The highest BCUT2D eigenvalue weighted by Gasteiger charge is 2.16. The van der Waals surface area contributed by atoms with Crippen LogP contribution in [0.5, 0.6) is 0 Å². The minimum Gasteiger partial charge on any atom is -0.378 e. The highest BCUT2D eigenvalue weighted by Crippen LogP contribution is 2.17. The van der Waals surface area contributed by atoms with Crippen LogP contribution in [0.15, 0.2) is 24.3 Å². The van der Waals surface area contributed by atoms with Crippen LogP contribution in [0.2, 0.25) is 0 Å². The number of ether oxygens (including phenoxy) is 1. The first-order chi connectivity index (χ1) is 9.15.